The zero-order valence-corrected chi connectivity index (χ0v) is 11.0. The smallest absolute Gasteiger partial charge is 0.224 e. The maximum atomic E-state index is 11.7. The number of carbonyl (C=O) groups excluding carboxylic acids is 1. The molecule has 0 aliphatic carbocycles. The molecule has 18 heavy (non-hydrogen) atoms. The molecule has 2 rings (SSSR count). The molecule has 4 heteroatoms. The molecule has 0 spiro atoms. The van der Waals surface area contributed by atoms with Gasteiger partial charge in [0.15, 0.2) is 0 Å². The Labute approximate surface area is 111 Å². The summed E-state index contributed by atoms with van der Waals surface area (Å²) in [7, 11) is 0. The molecule has 0 atom stereocenters. The van der Waals surface area contributed by atoms with Gasteiger partial charge in [-0.25, -0.2) is 0 Å². The predicted molar refractivity (Wildman–Crippen MR) is 72.5 cm³/mol. The summed E-state index contributed by atoms with van der Waals surface area (Å²) in [6.07, 6.45) is 4.03. The summed E-state index contributed by atoms with van der Waals surface area (Å²) in [6.45, 7) is 0.439. The molecule has 1 aromatic heterocycles. The first kappa shape index (κ1) is 12.8. The molecule has 0 radical (unpaired) electrons. The molecule has 0 aliphatic rings. The average Bonchev–Trinajstić information content (AvgIpc) is 2.90. The van der Waals surface area contributed by atoms with Crippen LogP contribution < -0.4 is 5.32 Å². The fourth-order valence-electron chi connectivity index (χ4n) is 1.59. The molecule has 0 unspecified atom stereocenters. The van der Waals surface area contributed by atoms with Gasteiger partial charge >= 0.3 is 0 Å². The maximum Gasteiger partial charge on any atom is 0.224 e. The molecular weight excluding hydrogens is 246 g/mol. The van der Waals surface area contributed by atoms with Crippen molar-refractivity contribution in [2.45, 2.75) is 17.9 Å². The van der Waals surface area contributed by atoms with E-state index in [-0.39, 0.29) is 5.91 Å². The molecule has 1 aromatic carbocycles. The Bertz CT molecular complexity index is 491. The Kier molecular flexibility index (Phi) is 4.47. The lowest BCUT2D eigenvalue weighted by atomic mass is 10.1. The summed E-state index contributed by atoms with van der Waals surface area (Å²) in [6, 6.07) is 11.7. The van der Waals surface area contributed by atoms with Gasteiger partial charge in [0, 0.05) is 4.90 Å². The molecule has 0 aliphatic heterocycles. The quantitative estimate of drug-likeness (QED) is 0.842. The van der Waals surface area contributed by atoms with Crippen molar-refractivity contribution in [3.05, 3.63) is 54.0 Å². The minimum Gasteiger partial charge on any atom is -0.467 e. The van der Waals surface area contributed by atoms with E-state index in [1.165, 1.54) is 4.90 Å². The second kappa shape index (κ2) is 6.31. The third-order valence-electron chi connectivity index (χ3n) is 2.56. The van der Waals surface area contributed by atoms with Gasteiger partial charge in [0.25, 0.3) is 0 Å². The highest BCUT2D eigenvalue weighted by Gasteiger charge is 2.04. The van der Waals surface area contributed by atoms with Crippen LogP contribution in [0.1, 0.15) is 11.3 Å². The maximum absolute atomic E-state index is 11.7. The Morgan fingerprint density at radius 2 is 2.06 bits per heavy atom. The number of hydrogen-bond donors (Lipinski definition) is 1. The van der Waals surface area contributed by atoms with E-state index in [0.29, 0.717) is 13.0 Å². The largest absolute Gasteiger partial charge is 0.467 e. The van der Waals surface area contributed by atoms with Crippen molar-refractivity contribution < 1.29 is 9.21 Å². The van der Waals surface area contributed by atoms with Gasteiger partial charge in [-0.15, -0.1) is 11.8 Å². The molecule has 2 aromatic rings. The van der Waals surface area contributed by atoms with Gasteiger partial charge in [-0.05, 0) is 36.1 Å². The van der Waals surface area contributed by atoms with E-state index in [2.05, 4.69) is 5.32 Å². The van der Waals surface area contributed by atoms with Crippen LogP contribution in [0.5, 0.6) is 0 Å². The molecule has 3 nitrogen and oxygen atoms in total. The summed E-state index contributed by atoms with van der Waals surface area (Å²) in [4.78, 5) is 12.9. The van der Waals surface area contributed by atoms with Crippen LogP contribution in [0.2, 0.25) is 0 Å². The van der Waals surface area contributed by atoms with Crippen LogP contribution in [0, 0.1) is 0 Å². The molecule has 1 amide bonds. The highest BCUT2D eigenvalue weighted by atomic mass is 32.2. The van der Waals surface area contributed by atoms with Crippen molar-refractivity contribution in [1.82, 2.24) is 5.32 Å². The van der Waals surface area contributed by atoms with E-state index in [4.69, 9.17) is 4.42 Å². The molecule has 0 saturated carbocycles. The number of hydrogen-bond acceptors (Lipinski definition) is 3. The standard InChI is InChI=1S/C14H15NO2S/c1-18-13-6-4-11(5-7-13)9-14(16)15-10-12-3-2-8-17-12/h2-8H,9-10H2,1H3,(H,15,16). The van der Waals surface area contributed by atoms with E-state index in [0.717, 1.165) is 11.3 Å². The monoisotopic (exact) mass is 261 g/mol. The van der Waals surface area contributed by atoms with E-state index < -0.39 is 0 Å². The number of thioether (sulfide) groups is 1. The van der Waals surface area contributed by atoms with Crippen molar-refractivity contribution in [3.8, 4) is 0 Å². The molecular formula is C14H15NO2S. The summed E-state index contributed by atoms with van der Waals surface area (Å²) in [5, 5.41) is 2.82. The van der Waals surface area contributed by atoms with Gasteiger partial charge in [-0.2, -0.15) is 0 Å². The van der Waals surface area contributed by atoms with Gasteiger partial charge < -0.3 is 9.73 Å². The molecule has 0 saturated heterocycles. The van der Waals surface area contributed by atoms with Gasteiger partial charge in [-0.3, -0.25) is 4.79 Å². The highest BCUT2D eigenvalue weighted by molar-refractivity contribution is 7.98. The normalized spacial score (nSPS) is 10.3. The lowest BCUT2D eigenvalue weighted by Gasteiger charge is -2.04. The lowest BCUT2D eigenvalue weighted by molar-refractivity contribution is -0.120. The number of amides is 1. The van der Waals surface area contributed by atoms with E-state index in [1.54, 1.807) is 18.0 Å². The number of benzene rings is 1. The predicted octanol–water partition coefficient (Wildman–Crippen LogP) is 2.86. The molecule has 0 fully saturated rings. The Hall–Kier alpha value is -1.68. The van der Waals surface area contributed by atoms with Crippen molar-refractivity contribution in [3.63, 3.8) is 0 Å². The van der Waals surface area contributed by atoms with Crippen LogP contribution in [0.4, 0.5) is 0 Å². The fraction of sp³-hybridized carbons (Fsp3) is 0.214. The Morgan fingerprint density at radius 1 is 1.28 bits per heavy atom. The zero-order valence-electron chi connectivity index (χ0n) is 10.2. The summed E-state index contributed by atoms with van der Waals surface area (Å²) < 4.78 is 5.15. The van der Waals surface area contributed by atoms with Crippen LogP contribution in [0.3, 0.4) is 0 Å². The van der Waals surface area contributed by atoms with Gasteiger partial charge in [-0.1, -0.05) is 12.1 Å². The summed E-state index contributed by atoms with van der Waals surface area (Å²) in [5.41, 5.74) is 1.02. The average molecular weight is 261 g/mol. The van der Waals surface area contributed by atoms with Crippen molar-refractivity contribution in [1.29, 1.82) is 0 Å². The minimum atomic E-state index is 0.00306. The second-order valence-electron chi connectivity index (χ2n) is 3.88. The van der Waals surface area contributed by atoms with Crippen LogP contribution in [0.25, 0.3) is 0 Å². The lowest BCUT2D eigenvalue weighted by Crippen LogP contribution is -2.24. The fourth-order valence-corrected chi connectivity index (χ4v) is 2.00. The van der Waals surface area contributed by atoms with Crippen molar-refractivity contribution in [2.75, 3.05) is 6.26 Å². The first-order valence-corrected chi connectivity index (χ1v) is 6.92. The Balaban J connectivity index is 1.83. The van der Waals surface area contributed by atoms with E-state index >= 15 is 0 Å². The van der Waals surface area contributed by atoms with Crippen LogP contribution in [0.15, 0.2) is 52.0 Å². The van der Waals surface area contributed by atoms with E-state index in [9.17, 15) is 4.79 Å². The molecule has 1 N–H and O–H groups in total. The second-order valence-corrected chi connectivity index (χ2v) is 4.76. The SMILES string of the molecule is CSc1ccc(CC(=O)NCc2ccco2)cc1. The number of furan rings is 1. The first-order valence-electron chi connectivity index (χ1n) is 5.70. The minimum absolute atomic E-state index is 0.00306. The zero-order chi connectivity index (χ0) is 12.8. The van der Waals surface area contributed by atoms with Gasteiger partial charge in [0.2, 0.25) is 5.91 Å². The third-order valence-corrected chi connectivity index (χ3v) is 3.31. The molecule has 94 valence electrons. The van der Waals surface area contributed by atoms with Crippen molar-refractivity contribution in [2.24, 2.45) is 0 Å². The molecule has 1 heterocycles. The topological polar surface area (TPSA) is 42.2 Å². The number of rotatable bonds is 5. The van der Waals surface area contributed by atoms with Crippen LogP contribution in [-0.4, -0.2) is 12.2 Å². The molecule has 0 bridgehead atoms. The number of carbonyl (C=O) groups is 1. The van der Waals surface area contributed by atoms with Gasteiger partial charge in [0.05, 0.1) is 19.2 Å². The van der Waals surface area contributed by atoms with Crippen LogP contribution >= 0.6 is 11.8 Å². The van der Waals surface area contributed by atoms with Gasteiger partial charge in [0.1, 0.15) is 5.76 Å². The Morgan fingerprint density at radius 3 is 2.67 bits per heavy atom. The highest BCUT2D eigenvalue weighted by Crippen LogP contribution is 2.15. The summed E-state index contributed by atoms with van der Waals surface area (Å²) >= 11 is 1.69. The first-order chi connectivity index (χ1) is 8.78. The third kappa shape index (κ3) is 3.67. The van der Waals surface area contributed by atoms with Crippen LogP contribution in [-0.2, 0) is 17.8 Å². The van der Waals surface area contributed by atoms with Crippen molar-refractivity contribution >= 4 is 17.7 Å². The number of nitrogens with one attached hydrogen (secondary N) is 1. The van der Waals surface area contributed by atoms with E-state index in [1.807, 2.05) is 42.7 Å². The summed E-state index contributed by atoms with van der Waals surface area (Å²) in [5.74, 6) is 0.768.